The monoisotopic (exact) mass is 283 g/mol. The Morgan fingerprint density at radius 1 is 1.20 bits per heavy atom. The van der Waals surface area contributed by atoms with Crippen LogP contribution in [0.4, 0.5) is 8.78 Å². The van der Waals surface area contributed by atoms with Crippen LogP contribution in [0.2, 0.25) is 0 Å². The van der Waals surface area contributed by atoms with Crippen molar-refractivity contribution in [3.8, 4) is 0 Å². The molecule has 0 amide bonds. The zero-order valence-electron chi connectivity index (χ0n) is 11.5. The van der Waals surface area contributed by atoms with E-state index >= 15 is 0 Å². The van der Waals surface area contributed by atoms with Crippen LogP contribution in [0.15, 0.2) is 24.3 Å². The van der Waals surface area contributed by atoms with Crippen molar-refractivity contribution in [2.24, 2.45) is 5.73 Å². The van der Waals surface area contributed by atoms with Crippen molar-refractivity contribution in [1.29, 1.82) is 0 Å². The molecule has 0 bridgehead atoms. The molecular formula is C15H19F2NO2. The van der Waals surface area contributed by atoms with Gasteiger partial charge in [-0.15, -0.1) is 0 Å². The number of nitrogens with two attached hydrogens (primary N) is 1. The first-order chi connectivity index (χ1) is 9.42. The lowest BCUT2D eigenvalue weighted by Gasteiger charge is -2.39. The fourth-order valence-corrected chi connectivity index (χ4v) is 2.78. The molecule has 1 aromatic rings. The Hall–Kier alpha value is -1.49. The third-order valence-electron chi connectivity index (χ3n) is 4.25. The number of methoxy groups -OCH3 is 1. The fraction of sp³-hybridized carbons (Fsp3) is 0.533. The van der Waals surface area contributed by atoms with Crippen LogP contribution in [-0.4, -0.2) is 25.5 Å². The van der Waals surface area contributed by atoms with Crippen molar-refractivity contribution >= 4 is 5.97 Å². The molecule has 20 heavy (non-hydrogen) atoms. The third-order valence-corrected chi connectivity index (χ3v) is 4.25. The summed E-state index contributed by atoms with van der Waals surface area (Å²) in [6.07, 6.45) is 0.466. The van der Waals surface area contributed by atoms with Crippen LogP contribution in [0.1, 0.15) is 41.6 Å². The summed E-state index contributed by atoms with van der Waals surface area (Å²) in [4.78, 5) is 11.4. The molecule has 0 atom stereocenters. The standard InChI is InChI=1S/C15H19F2NO2/c1-20-13(19)11-2-4-12(5-3-11)14(10-18)6-8-15(16,17)9-7-14/h2-5H,6-10,18H2,1H3. The van der Waals surface area contributed by atoms with E-state index in [4.69, 9.17) is 5.73 Å². The number of carbonyl (C=O) groups excluding carboxylic acids is 1. The summed E-state index contributed by atoms with van der Waals surface area (Å²) in [5.41, 5.74) is 6.81. The molecule has 1 aromatic carbocycles. The molecule has 0 aliphatic heterocycles. The summed E-state index contributed by atoms with van der Waals surface area (Å²) in [5.74, 6) is -2.99. The summed E-state index contributed by atoms with van der Waals surface area (Å²) < 4.78 is 31.3. The summed E-state index contributed by atoms with van der Waals surface area (Å²) >= 11 is 0. The lowest BCUT2D eigenvalue weighted by molar-refractivity contribution is -0.0509. The number of halogens is 2. The average molecular weight is 283 g/mol. The van der Waals surface area contributed by atoms with Crippen LogP contribution in [0.25, 0.3) is 0 Å². The number of benzene rings is 1. The van der Waals surface area contributed by atoms with Crippen molar-refractivity contribution in [3.63, 3.8) is 0 Å². The van der Waals surface area contributed by atoms with Gasteiger partial charge in [0.1, 0.15) is 0 Å². The first kappa shape index (κ1) is 14.9. The number of hydrogen-bond acceptors (Lipinski definition) is 3. The van der Waals surface area contributed by atoms with Crippen molar-refractivity contribution < 1.29 is 18.3 Å². The molecule has 1 aliphatic rings. The number of alkyl halides is 2. The molecule has 1 fully saturated rings. The maximum Gasteiger partial charge on any atom is 0.337 e. The van der Waals surface area contributed by atoms with Crippen LogP contribution in [0.3, 0.4) is 0 Å². The second-order valence-corrected chi connectivity index (χ2v) is 5.41. The highest BCUT2D eigenvalue weighted by Crippen LogP contribution is 2.44. The van der Waals surface area contributed by atoms with Crippen molar-refractivity contribution in [2.75, 3.05) is 13.7 Å². The minimum atomic E-state index is -2.58. The lowest BCUT2D eigenvalue weighted by atomic mass is 9.68. The van der Waals surface area contributed by atoms with Crippen molar-refractivity contribution in [3.05, 3.63) is 35.4 Å². The zero-order chi connectivity index (χ0) is 14.8. The van der Waals surface area contributed by atoms with Crippen LogP contribution < -0.4 is 5.73 Å². The van der Waals surface area contributed by atoms with Gasteiger partial charge in [0.2, 0.25) is 5.92 Å². The van der Waals surface area contributed by atoms with Crippen LogP contribution in [0, 0.1) is 0 Å². The first-order valence-electron chi connectivity index (χ1n) is 6.69. The Bertz CT molecular complexity index is 475. The normalized spacial score (nSPS) is 20.4. The smallest absolute Gasteiger partial charge is 0.337 e. The SMILES string of the molecule is COC(=O)c1ccc(C2(CN)CCC(F)(F)CC2)cc1. The second kappa shape index (κ2) is 5.48. The van der Waals surface area contributed by atoms with Gasteiger partial charge in [0.05, 0.1) is 12.7 Å². The maximum absolute atomic E-state index is 13.3. The Morgan fingerprint density at radius 3 is 2.20 bits per heavy atom. The molecule has 2 N–H and O–H groups in total. The zero-order valence-corrected chi connectivity index (χ0v) is 11.5. The predicted molar refractivity (Wildman–Crippen MR) is 71.9 cm³/mol. The summed E-state index contributed by atoms with van der Waals surface area (Å²) in [7, 11) is 1.32. The molecule has 1 saturated carbocycles. The van der Waals surface area contributed by atoms with Gasteiger partial charge in [-0.25, -0.2) is 13.6 Å². The van der Waals surface area contributed by atoms with E-state index in [1.165, 1.54) is 7.11 Å². The Balaban J connectivity index is 2.22. The van der Waals surface area contributed by atoms with Gasteiger partial charge in [0, 0.05) is 24.8 Å². The van der Waals surface area contributed by atoms with Crippen LogP contribution in [0.5, 0.6) is 0 Å². The molecule has 0 saturated heterocycles. The highest BCUT2D eigenvalue weighted by Gasteiger charge is 2.43. The third kappa shape index (κ3) is 2.82. The van der Waals surface area contributed by atoms with E-state index in [9.17, 15) is 13.6 Å². The largest absolute Gasteiger partial charge is 0.465 e. The van der Waals surface area contributed by atoms with Gasteiger partial charge in [-0.1, -0.05) is 12.1 Å². The van der Waals surface area contributed by atoms with Gasteiger partial charge in [-0.2, -0.15) is 0 Å². The molecule has 0 heterocycles. The highest BCUT2D eigenvalue weighted by atomic mass is 19.3. The number of ether oxygens (including phenoxy) is 1. The van der Waals surface area contributed by atoms with Gasteiger partial charge in [0.15, 0.2) is 0 Å². The van der Waals surface area contributed by atoms with Gasteiger partial charge in [0.25, 0.3) is 0 Å². The molecule has 5 heteroatoms. The number of hydrogen-bond donors (Lipinski definition) is 1. The summed E-state index contributed by atoms with van der Waals surface area (Å²) in [6.45, 7) is 0.334. The van der Waals surface area contributed by atoms with Crippen LogP contribution >= 0.6 is 0 Å². The van der Waals surface area contributed by atoms with E-state index in [1.54, 1.807) is 24.3 Å². The molecule has 0 radical (unpaired) electrons. The summed E-state index contributed by atoms with van der Waals surface area (Å²) in [5, 5.41) is 0. The molecule has 2 rings (SSSR count). The van der Waals surface area contributed by atoms with E-state index in [-0.39, 0.29) is 12.8 Å². The minimum absolute atomic E-state index is 0.136. The van der Waals surface area contributed by atoms with E-state index < -0.39 is 17.3 Å². The Labute approximate surface area is 117 Å². The van der Waals surface area contributed by atoms with Crippen LogP contribution in [-0.2, 0) is 10.2 Å². The van der Waals surface area contributed by atoms with Gasteiger partial charge >= 0.3 is 5.97 Å². The predicted octanol–water partition coefficient (Wildman–Crippen LogP) is 2.88. The molecule has 0 spiro atoms. The minimum Gasteiger partial charge on any atom is -0.465 e. The van der Waals surface area contributed by atoms with E-state index in [1.807, 2.05) is 0 Å². The second-order valence-electron chi connectivity index (χ2n) is 5.41. The molecule has 3 nitrogen and oxygen atoms in total. The number of carbonyl (C=O) groups is 1. The molecule has 110 valence electrons. The maximum atomic E-state index is 13.3. The summed E-state index contributed by atoms with van der Waals surface area (Å²) in [6, 6.07) is 6.90. The quantitative estimate of drug-likeness (QED) is 0.868. The fourth-order valence-electron chi connectivity index (χ4n) is 2.78. The van der Waals surface area contributed by atoms with Crippen molar-refractivity contribution in [2.45, 2.75) is 37.0 Å². The average Bonchev–Trinajstić information content (AvgIpc) is 2.47. The first-order valence-corrected chi connectivity index (χ1v) is 6.69. The Morgan fingerprint density at radius 2 is 1.75 bits per heavy atom. The van der Waals surface area contributed by atoms with Gasteiger partial charge in [-0.05, 0) is 30.5 Å². The van der Waals surface area contributed by atoms with E-state index in [2.05, 4.69) is 4.74 Å². The number of esters is 1. The number of rotatable bonds is 3. The van der Waals surface area contributed by atoms with E-state index in [0.717, 1.165) is 5.56 Å². The Kier molecular flexibility index (Phi) is 4.09. The topological polar surface area (TPSA) is 52.3 Å². The van der Waals surface area contributed by atoms with E-state index in [0.29, 0.717) is 24.9 Å². The molecule has 0 aromatic heterocycles. The lowest BCUT2D eigenvalue weighted by Crippen LogP contribution is -2.42. The molecule has 1 aliphatic carbocycles. The molecular weight excluding hydrogens is 264 g/mol. The molecule has 0 unspecified atom stereocenters. The van der Waals surface area contributed by atoms with Gasteiger partial charge in [-0.3, -0.25) is 0 Å². The van der Waals surface area contributed by atoms with Gasteiger partial charge < -0.3 is 10.5 Å². The van der Waals surface area contributed by atoms with Crippen molar-refractivity contribution in [1.82, 2.24) is 0 Å². The highest BCUT2D eigenvalue weighted by molar-refractivity contribution is 5.89.